The summed E-state index contributed by atoms with van der Waals surface area (Å²) in [6.07, 6.45) is 1.13. The van der Waals surface area contributed by atoms with Crippen LogP contribution in [0, 0.1) is 5.41 Å². The van der Waals surface area contributed by atoms with Crippen molar-refractivity contribution in [3.63, 3.8) is 0 Å². The molecule has 1 aromatic rings. The van der Waals surface area contributed by atoms with Gasteiger partial charge in [0.2, 0.25) is 0 Å². The van der Waals surface area contributed by atoms with E-state index < -0.39 is 5.41 Å². The van der Waals surface area contributed by atoms with Crippen LogP contribution in [0.25, 0.3) is 0 Å². The molecule has 2 saturated heterocycles. The van der Waals surface area contributed by atoms with E-state index in [1.165, 1.54) is 0 Å². The van der Waals surface area contributed by atoms with Crippen molar-refractivity contribution < 1.29 is 14.3 Å². The molecule has 2 heterocycles. The van der Waals surface area contributed by atoms with Crippen molar-refractivity contribution >= 4 is 51.8 Å². The fourth-order valence-corrected chi connectivity index (χ4v) is 4.47. The second-order valence-electron chi connectivity index (χ2n) is 5.72. The fourth-order valence-electron chi connectivity index (χ4n) is 3.44. The molecule has 4 rings (SSSR count). The summed E-state index contributed by atoms with van der Waals surface area (Å²) in [6.45, 7) is 2.20. The number of carbonyl (C=O) groups excluding carboxylic acids is 1. The van der Waals surface area contributed by atoms with Crippen molar-refractivity contribution in [2.45, 2.75) is 31.5 Å². The number of hydrogen-bond acceptors (Lipinski definition) is 3. The van der Waals surface area contributed by atoms with E-state index >= 15 is 0 Å². The molecule has 0 radical (unpaired) electrons. The molecule has 3 aliphatic rings. The highest BCUT2D eigenvalue weighted by Crippen LogP contribution is 2.68. The molecule has 0 spiro atoms. The highest BCUT2D eigenvalue weighted by Gasteiger charge is 2.72. The molecule has 1 aliphatic carbocycles. The summed E-state index contributed by atoms with van der Waals surface area (Å²) >= 11 is 14.4. The van der Waals surface area contributed by atoms with Crippen molar-refractivity contribution in [2.24, 2.45) is 5.41 Å². The van der Waals surface area contributed by atoms with Gasteiger partial charge in [-0.05, 0) is 37.5 Å². The Morgan fingerprint density at radius 2 is 2.14 bits per heavy atom. The minimum Gasteiger partial charge on any atom is -0.465 e. The van der Waals surface area contributed by atoms with E-state index in [0.717, 1.165) is 9.99 Å². The summed E-state index contributed by atoms with van der Waals surface area (Å²) < 4.78 is 12.4. The van der Waals surface area contributed by atoms with Crippen LogP contribution in [0.4, 0.5) is 0 Å². The first-order valence-corrected chi connectivity index (χ1v) is 9.10. The molecule has 1 saturated carbocycles. The Morgan fingerprint density at radius 3 is 2.71 bits per heavy atom. The summed E-state index contributed by atoms with van der Waals surface area (Å²) in [7, 11) is 0. The molecule has 21 heavy (non-hydrogen) atoms. The smallest absolute Gasteiger partial charge is 0.315 e. The van der Waals surface area contributed by atoms with Crippen LogP contribution < -0.4 is 0 Å². The first-order chi connectivity index (χ1) is 9.96. The Hall–Kier alpha value is -0.0400. The van der Waals surface area contributed by atoms with E-state index in [9.17, 15) is 4.79 Å². The number of esters is 1. The molecule has 2 bridgehead atoms. The Labute approximate surface area is 147 Å². The van der Waals surface area contributed by atoms with Gasteiger partial charge in [0.1, 0.15) is 5.41 Å². The third-order valence-electron chi connectivity index (χ3n) is 4.32. The first-order valence-electron chi connectivity index (χ1n) is 6.82. The van der Waals surface area contributed by atoms with Crippen LogP contribution in [0.3, 0.4) is 0 Å². The highest BCUT2D eigenvalue weighted by atomic mass is 127. The van der Waals surface area contributed by atoms with Crippen LogP contribution in [-0.2, 0) is 14.3 Å². The second kappa shape index (κ2) is 5.55. The lowest BCUT2D eigenvalue weighted by Gasteiger charge is -2.42. The topological polar surface area (TPSA) is 35.5 Å². The quantitative estimate of drug-likeness (QED) is 0.390. The number of rotatable bonds is 4. The number of ether oxygens (including phenoxy) is 2. The van der Waals surface area contributed by atoms with Crippen molar-refractivity contribution in [1.29, 1.82) is 0 Å². The first kappa shape index (κ1) is 15.8. The zero-order valence-corrected chi connectivity index (χ0v) is 15.2. The van der Waals surface area contributed by atoms with Gasteiger partial charge in [0.25, 0.3) is 0 Å². The Balaban J connectivity index is 1.96. The molecule has 0 N–H and O–H groups in total. The van der Waals surface area contributed by atoms with E-state index in [2.05, 4.69) is 22.6 Å². The Morgan fingerprint density at radius 1 is 1.43 bits per heavy atom. The van der Waals surface area contributed by atoms with Crippen LogP contribution >= 0.6 is 45.8 Å². The van der Waals surface area contributed by atoms with Gasteiger partial charge in [-0.1, -0.05) is 51.9 Å². The maximum Gasteiger partial charge on any atom is 0.315 e. The third-order valence-corrected chi connectivity index (χ3v) is 6.45. The van der Waals surface area contributed by atoms with Crippen LogP contribution in [0.5, 0.6) is 0 Å². The molecular weight excluding hydrogens is 426 g/mol. The van der Waals surface area contributed by atoms with Crippen LogP contribution in [0.2, 0.25) is 10.0 Å². The van der Waals surface area contributed by atoms with Crippen molar-refractivity contribution in [3.8, 4) is 0 Å². The molecule has 6 heteroatoms. The molecule has 1 atom stereocenters. The van der Waals surface area contributed by atoms with Crippen molar-refractivity contribution in [1.82, 2.24) is 0 Å². The molecule has 3 fully saturated rings. The summed E-state index contributed by atoms with van der Waals surface area (Å²) in [6, 6.07) is 5.41. The molecule has 1 aromatic carbocycles. The lowest BCUT2D eigenvalue weighted by molar-refractivity contribution is -0.161. The van der Waals surface area contributed by atoms with Gasteiger partial charge < -0.3 is 9.47 Å². The summed E-state index contributed by atoms with van der Waals surface area (Å²) in [5.41, 5.74) is 0.115. The molecule has 2 aliphatic heterocycles. The number of hydrogen-bond donors (Lipinski definition) is 0. The monoisotopic (exact) mass is 440 g/mol. The van der Waals surface area contributed by atoms with Crippen molar-refractivity contribution in [3.05, 3.63) is 33.8 Å². The highest BCUT2D eigenvalue weighted by molar-refractivity contribution is 14.1. The molecule has 0 aromatic heterocycles. The fraction of sp³-hybridized carbons (Fsp3) is 0.533. The molecule has 1 unspecified atom stereocenters. The van der Waals surface area contributed by atoms with Crippen molar-refractivity contribution in [2.75, 3.05) is 11.0 Å². The SMILES string of the molecule is CCOC(=O)C12CC(CI)(C1)OC2c1ccc(Cl)c(Cl)c1. The Bertz CT molecular complexity index is 584. The number of carbonyl (C=O) groups is 1. The molecule has 114 valence electrons. The van der Waals surface area contributed by atoms with Crippen LogP contribution in [0.15, 0.2) is 18.2 Å². The Kier molecular flexibility index (Phi) is 4.19. The maximum absolute atomic E-state index is 12.4. The largest absolute Gasteiger partial charge is 0.465 e. The van der Waals surface area contributed by atoms with E-state index in [1.54, 1.807) is 12.1 Å². The summed E-state index contributed by atoms with van der Waals surface area (Å²) in [5, 5.41) is 0.976. The number of alkyl halides is 1. The maximum atomic E-state index is 12.4. The van der Waals surface area contributed by atoms with Gasteiger partial charge in [-0.2, -0.15) is 0 Å². The number of halogens is 3. The average molecular weight is 441 g/mol. The molecule has 3 nitrogen and oxygen atoms in total. The molecule has 0 amide bonds. The van der Waals surface area contributed by atoms with E-state index in [-0.39, 0.29) is 17.7 Å². The lowest BCUT2D eigenvalue weighted by Crippen LogP contribution is -2.50. The number of fused-ring (bicyclic) bond motifs is 1. The van der Waals surface area contributed by atoms with E-state index in [1.807, 2.05) is 13.0 Å². The average Bonchev–Trinajstić information content (AvgIpc) is 2.94. The zero-order valence-electron chi connectivity index (χ0n) is 11.5. The number of benzene rings is 1. The van der Waals surface area contributed by atoms with Gasteiger partial charge in [-0.3, -0.25) is 4.79 Å². The minimum atomic E-state index is -0.571. The lowest BCUT2D eigenvalue weighted by atomic mass is 9.60. The minimum absolute atomic E-state index is 0.168. The predicted octanol–water partition coefficient (Wildman–Crippen LogP) is 4.58. The van der Waals surface area contributed by atoms with Crippen LogP contribution in [0.1, 0.15) is 31.4 Å². The van der Waals surface area contributed by atoms with E-state index in [4.69, 9.17) is 32.7 Å². The summed E-state index contributed by atoms with van der Waals surface area (Å²) in [5.74, 6) is -0.168. The zero-order chi connectivity index (χ0) is 15.3. The van der Waals surface area contributed by atoms with E-state index in [0.29, 0.717) is 29.5 Å². The predicted molar refractivity (Wildman–Crippen MR) is 90.2 cm³/mol. The molecular formula is C15H15Cl2IO3. The summed E-state index contributed by atoms with van der Waals surface area (Å²) in [4.78, 5) is 12.4. The van der Waals surface area contributed by atoms with Gasteiger partial charge in [0, 0.05) is 4.43 Å². The third kappa shape index (κ3) is 2.38. The van der Waals surface area contributed by atoms with Gasteiger partial charge in [-0.15, -0.1) is 0 Å². The van der Waals surface area contributed by atoms with Gasteiger partial charge >= 0.3 is 5.97 Å². The second-order valence-corrected chi connectivity index (χ2v) is 7.30. The van der Waals surface area contributed by atoms with Gasteiger partial charge in [-0.25, -0.2) is 0 Å². The van der Waals surface area contributed by atoms with Gasteiger partial charge in [0.05, 0.1) is 28.4 Å². The van der Waals surface area contributed by atoms with Crippen LogP contribution in [-0.4, -0.2) is 22.6 Å². The van der Waals surface area contributed by atoms with Gasteiger partial charge in [0.15, 0.2) is 0 Å². The normalized spacial score (nSPS) is 33.6. The standard InChI is InChI=1S/C15H15Cl2IO3/c1-2-20-13(19)15-6-14(7-15,8-18)21-12(15)9-3-4-10(16)11(17)5-9/h3-5,12H,2,6-8H2,1H3.